The fourth-order valence-electron chi connectivity index (χ4n) is 0.818. The molecule has 0 bridgehead atoms. The Morgan fingerprint density at radius 1 is 1.62 bits per heavy atom. The molecule has 4 heteroatoms. The van der Waals surface area contributed by atoms with Gasteiger partial charge < -0.3 is 10.1 Å². The number of hydrogen-bond donors (Lipinski definition) is 1. The maximum absolute atomic E-state index is 12.7. The van der Waals surface area contributed by atoms with E-state index in [9.17, 15) is 4.39 Å². The van der Waals surface area contributed by atoms with Crippen LogP contribution in [0.4, 0.5) is 4.39 Å². The summed E-state index contributed by atoms with van der Waals surface area (Å²) in [6.45, 7) is 2.59. The first-order chi connectivity index (χ1) is 6.22. The van der Waals surface area contributed by atoms with Crippen molar-refractivity contribution in [3.63, 3.8) is 0 Å². The van der Waals surface area contributed by atoms with E-state index in [4.69, 9.17) is 17.0 Å². The third kappa shape index (κ3) is 3.38. The minimum absolute atomic E-state index is 0.258. The molecule has 0 saturated heterocycles. The minimum atomic E-state index is -0.336. The SMILES string of the molecule is CCNC(=S)Oc1cccc(F)c1. The number of ether oxygens (including phenoxy) is 1. The molecular weight excluding hydrogens is 189 g/mol. The van der Waals surface area contributed by atoms with Gasteiger partial charge in [-0.15, -0.1) is 0 Å². The van der Waals surface area contributed by atoms with Crippen LogP contribution in [0.5, 0.6) is 5.75 Å². The molecule has 1 aromatic carbocycles. The predicted octanol–water partition coefficient (Wildman–Crippen LogP) is 2.10. The van der Waals surface area contributed by atoms with Crippen molar-refractivity contribution in [3.8, 4) is 5.75 Å². The molecule has 0 amide bonds. The Kier molecular flexibility index (Phi) is 3.64. The first-order valence-electron chi connectivity index (χ1n) is 3.93. The van der Waals surface area contributed by atoms with Crippen molar-refractivity contribution in [3.05, 3.63) is 30.1 Å². The van der Waals surface area contributed by atoms with E-state index in [-0.39, 0.29) is 11.0 Å². The zero-order chi connectivity index (χ0) is 9.68. The van der Waals surface area contributed by atoms with Gasteiger partial charge in [0.05, 0.1) is 0 Å². The molecule has 0 atom stereocenters. The van der Waals surface area contributed by atoms with Crippen LogP contribution < -0.4 is 10.1 Å². The Morgan fingerprint density at radius 2 is 2.38 bits per heavy atom. The van der Waals surface area contributed by atoms with Gasteiger partial charge in [0.1, 0.15) is 11.6 Å². The highest BCUT2D eigenvalue weighted by molar-refractivity contribution is 7.80. The monoisotopic (exact) mass is 199 g/mol. The third-order valence-electron chi connectivity index (χ3n) is 1.33. The summed E-state index contributed by atoms with van der Waals surface area (Å²) in [5.74, 6) is 0.0720. The van der Waals surface area contributed by atoms with Gasteiger partial charge in [0.2, 0.25) is 0 Å². The van der Waals surface area contributed by atoms with Crippen molar-refractivity contribution in [2.75, 3.05) is 6.54 Å². The maximum Gasteiger partial charge on any atom is 0.262 e. The van der Waals surface area contributed by atoms with E-state index in [1.54, 1.807) is 12.1 Å². The number of halogens is 1. The Hall–Kier alpha value is -1.16. The first kappa shape index (κ1) is 9.92. The largest absolute Gasteiger partial charge is 0.432 e. The second kappa shape index (κ2) is 4.77. The molecular formula is C9H10FNOS. The van der Waals surface area contributed by atoms with Crippen LogP contribution >= 0.6 is 12.2 Å². The average molecular weight is 199 g/mol. The van der Waals surface area contributed by atoms with Crippen molar-refractivity contribution in [1.82, 2.24) is 5.32 Å². The van der Waals surface area contributed by atoms with Gasteiger partial charge in [-0.25, -0.2) is 4.39 Å². The molecule has 13 heavy (non-hydrogen) atoms. The van der Waals surface area contributed by atoms with Gasteiger partial charge >= 0.3 is 0 Å². The highest BCUT2D eigenvalue weighted by Crippen LogP contribution is 2.11. The summed E-state index contributed by atoms with van der Waals surface area (Å²) in [5.41, 5.74) is 0. The van der Waals surface area contributed by atoms with Crippen LogP contribution in [0.2, 0.25) is 0 Å². The molecule has 0 saturated carbocycles. The summed E-state index contributed by atoms with van der Waals surface area (Å²) in [7, 11) is 0. The van der Waals surface area contributed by atoms with Crippen LogP contribution in [0.15, 0.2) is 24.3 Å². The van der Waals surface area contributed by atoms with Crippen molar-refractivity contribution in [2.45, 2.75) is 6.92 Å². The molecule has 0 unspecified atom stereocenters. The van der Waals surface area contributed by atoms with Gasteiger partial charge in [-0.3, -0.25) is 0 Å². The van der Waals surface area contributed by atoms with Crippen LogP contribution in [0.3, 0.4) is 0 Å². The lowest BCUT2D eigenvalue weighted by atomic mass is 10.3. The number of hydrogen-bond acceptors (Lipinski definition) is 2. The molecule has 1 rings (SSSR count). The Morgan fingerprint density at radius 3 is 3.00 bits per heavy atom. The summed E-state index contributed by atoms with van der Waals surface area (Å²) in [5, 5.41) is 3.06. The van der Waals surface area contributed by atoms with E-state index in [1.165, 1.54) is 12.1 Å². The smallest absolute Gasteiger partial charge is 0.262 e. The van der Waals surface area contributed by atoms with Gasteiger partial charge in [0.15, 0.2) is 0 Å². The van der Waals surface area contributed by atoms with E-state index in [1.807, 2.05) is 6.92 Å². The summed E-state index contributed by atoms with van der Waals surface area (Å²) in [4.78, 5) is 0. The van der Waals surface area contributed by atoms with Crippen LogP contribution in [-0.4, -0.2) is 11.7 Å². The minimum Gasteiger partial charge on any atom is -0.432 e. The van der Waals surface area contributed by atoms with Crippen LogP contribution in [0, 0.1) is 5.82 Å². The molecule has 0 radical (unpaired) electrons. The Bertz CT molecular complexity index is 303. The quantitative estimate of drug-likeness (QED) is 0.737. The molecule has 0 aliphatic heterocycles. The molecule has 1 N–H and O–H groups in total. The van der Waals surface area contributed by atoms with Crippen molar-refractivity contribution in [1.29, 1.82) is 0 Å². The topological polar surface area (TPSA) is 21.3 Å². The number of thiocarbonyl (C=S) groups is 1. The van der Waals surface area contributed by atoms with E-state index < -0.39 is 0 Å². The number of nitrogens with one attached hydrogen (secondary N) is 1. The Balaban J connectivity index is 2.58. The van der Waals surface area contributed by atoms with Crippen LogP contribution in [0.1, 0.15) is 6.92 Å². The molecule has 2 nitrogen and oxygen atoms in total. The lowest BCUT2D eigenvalue weighted by Gasteiger charge is -2.06. The first-order valence-corrected chi connectivity index (χ1v) is 4.34. The number of rotatable bonds is 2. The van der Waals surface area contributed by atoms with Gasteiger partial charge in [-0.1, -0.05) is 6.07 Å². The molecule has 0 spiro atoms. The fourth-order valence-corrected chi connectivity index (χ4v) is 1.06. The molecule has 0 fully saturated rings. The standard InChI is InChI=1S/C9H10FNOS/c1-2-11-9(13)12-8-5-3-4-7(10)6-8/h3-6H,2H2,1H3,(H,11,13). The van der Waals surface area contributed by atoms with E-state index in [2.05, 4.69) is 5.32 Å². The molecule has 0 heterocycles. The van der Waals surface area contributed by atoms with Crippen molar-refractivity contribution >= 4 is 17.4 Å². The second-order valence-electron chi connectivity index (χ2n) is 2.38. The molecule has 1 aromatic rings. The van der Waals surface area contributed by atoms with E-state index in [0.717, 1.165) is 0 Å². The molecule has 0 aliphatic carbocycles. The van der Waals surface area contributed by atoms with Crippen LogP contribution in [-0.2, 0) is 0 Å². The molecule has 0 aromatic heterocycles. The summed E-state index contributed by atoms with van der Waals surface area (Å²) >= 11 is 4.82. The van der Waals surface area contributed by atoms with E-state index in [0.29, 0.717) is 12.3 Å². The van der Waals surface area contributed by atoms with Gasteiger partial charge in [-0.05, 0) is 31.3 Å². The maximum atomic E-state index is 12.7. The highest BCUT2D eigenvalue weighted by atomic mass is 32.1. The van der Waals surface area contributed by atoms with Crippen molar-refractivity contribution < 1.29 is 9.13 Å². The normalized spacial score (nSPS) is 9.38. The second-order valence-corrected chi connectivity index (χ2v) is 2.75. The third-order valence-corrected chi connectivity index (χ3v) is 1.56. The summed E-state index contributed by atoms with van der Waals surface area (Å²) in [6, 6.07) is 5.85. The summed E-state index contributed by atoms with van der Waals surface area (Å²) in [6.07, 6.45) is 0. The van der Waals surface area contributed by atoms with Gasteiger partial charge in [0, 0.05) is 12.6 Å². The van der Waals surface area contributed by atoms with Crippen molar-refractivity contribution in [2.24, 2.45) is 0 Å². The predicted molar refractivity (Wildman–Crippen MR) is 53.3 cm³/mol. The van der Waals surface area contributed by atoms with Gasteiger partial charge in [0.25, 0.3) is 5.17 Å². The lowest BCUT2D eigenvalue weighted by molar-refractivity contribution is 0.525. The molecule has 0 aliphatic rings. The fraction of sp³-hybridized carbons (Fsp3) is 0.222. The molecule has 70 valence electrons. The van der Waals surface area contributed by atoms with Gasteiger partial charge in [-0.2, -0.15) is 0 Å². The zero-order valence-corrected chi connectivity index (χ0v) is 8.03. The number of benzene rings is 1. The highest BCUT2D eigenvalue weighted by Gasteiger charge is 1.98. The zero-order valence-electron chi connectivity index (χ0n) is 7.21. The average Bonchev–Trinajstić information content (AvgIpc) is 2.04. The Labute approximate surface area is 81.7 Å². The van der Waals surface area contributed by atoms with Crippen LogP contribution in [0.25, 0.3) is 0 Å². The van der Waals surface area contributed by atoms with E-state index >= 15 is 0 Å². The lowest BCUT2D eigenvalue weighted by Crippen LogP contribution is -2.25. The summed E-state index contributed by atoms with van der Waals surface area (Å²) < 4.78 is 17.8.